The van der Waals surface area contributed by atoms with E-state index in [2.05, 4.69) is 5.32 Å². The minimum absolute atomic E-state index is 0.0245. The number of ether oxygens (including phenoxy) is 2. The third-order valence-corrected chi connectivity index (χ3v) is 7.00. The molecule has 0 saturated heterocycles. The molecule has 1 atom stereocenters. The molecule has 8 heteroatoms. The van der Waals surface area contributed by atoms with Crippen LogP contribution in [-0.4, -0.2) is 39.4 Å². The number of nitrogens with one attached hydrogen (secondary N) is 1. The van der Waals surface area contributed by atoms with Crippen LogP contribution in [-0.2, 0) is 21.4 Å². The van der Waals surface area contributed by atoms with Gasteiger partial charge in [0.2, 0.25) is 15.9 Å². The number of nitrogens with zero attached hydrogens (tertiary/aromatic N) is 1. The Bertz CT molecular complexity index is 1170. The first kappa shape index (κ1) is 24.3. The lowest BCUT2D eigenvalue weighted by molar-refractivity contribution is -0.122. The van der Waals surface area contributed by atoms with E-state index in [9.17, 15) is 13.2 Å². The minimum Gasteiger partial charge on any atom is -0.497 e. The lowest BCUT2D eigenvalue weighted by Gasteiger charge is -2.24. The van der Waals surface area contributed by atoms with Gasteiger partial charge in [0, 0.05) is 12.6 Å². The number of benzene rings is 3. The number of carbonyl (C=O) groups excluding carboxylic acids is 1. The van der Waals surface area contributed by atoms with Crippen molar-refractivity contribution in [2.24, 2.45) is 0 Å². The average molecular weight is 469 g/mol. The first-order valence-electron chi connectivity index (χ1n) is 10.5. The Morgan fingerprint density at radius 2 is 1.58 bits per heavy atom. The Morgan fingerprint density at radius 1 is 0.939 bits per heavy atom. The molecule has 33 heavy (non-hydrogen) atoms. The van der Waals surface area contributed by atoms with Crippen molar-refractivity contribution in [3.8, 4) is 11.5 Å². The fourth-order valence-corrected chi connectivity index (χ4v) is 4.97. The average Bonchev–Trinajstić information content (AvgIpc) is 2.84. The van der Waals surface area contributed by atoms with Gasteiger partial charge >= 0.3 is 0 Å². The Hall–Kier alpha value is -3.36. The number of methoxy groups -OCH3 is 2. The summed E-state index contributed by atoms with van der Waals surface area (Å²) in [6.45, 7) is 1.53. The second-order valence-corrected chi connectivity index (χ2v) is 9.38. The van der Waals surface area contributed by atoms with Crippen molar-refractivity contribution in [1.82, 2.24) is 9.62 Å². The maximum Gasteiger partial charge on any atom is 0.247 e. The molecule has 0 aliphatic rings. The molecule has 174 valence electrons. The van der Waals surface area contributed by atoms with Gasteiger partial charge in [-0.25, -0.2) is 8.42 Å². The van der Waals surface area contributed by atoms with Gasteiger partial charge in [-0.15, -0.1) is 0 Å². The predicted octanol–water partition coefficient (Wildman–Crippen LogP) is 3.77. The number of rotatable bonds is 10. The van der Waals surface area contributed by atoms with Crippen molar-refractivity contribution in [2.45, 2.75) is 24.4 Å². The van der Waals surface area contributed by atoms with Crippen LogP contribution in [0.25, 0.3) is 0 Å². The van der Waals surface area contributed by atoms with Gasteiger partial charge in [-0.05, 0) is 30.2 Å². The van der Waals surface area contributed by atoms with Gasteiger partial charge in [0.05, 0.1) is 26.8 Å². The summed E-state index contributed by atoms with van der Waals surface area (Å²) in [5, 5.41) is 2.89. The zero-order chi connectivity index (χ0) is 23.8. The maximum atomic E-state index is 13.7. The van der Waals surface area contributed by atoms with Crippen molar-refractivity contribution in [2.75, 3.05) is 20.8 Å². The number of hydrogen-bond acceptors (Lipinski definition) is 5. The van der Waals surface area contributed by atoms with E-state index in [1.165, 1.54) is 26.4 Å². The van der Waals surface area contributed by atoms with E-state index >= 15 is 0 Å². The van der Waals surface area contributed by atoms with Crippen LogP contribution in [0.4, 0.5) is 0 Å². The summed E-state index contributed by atoms with van der Waals surface area (Å²) in [6.07, 6.45) is 0. The standard InChI is InChI=1S/C25H28N2O5S/c1-19(21-12-8-5-9-13-21)26-25(28)18-27(17-20-10-6-4-7-11-20)33(29,30)24-16-22(31-2)14-15-23(24)32-3/h4-16,19H,17-18H2,1-3H3,(H,26,28)/t19-/m0/s1. The van der Waals surface area contributed by atoms with E-state index in [4.69, 9.17) is 9.47 Å². The summed E-state index contributed by atoms with van der Waals surface area (Å²) in [6, 6.07) is 22.9. The highest BCUT2D eigenvalue weighted by atomic mass is 32.2. The van der Waals surface area contributed by atoms with Crippen LogP contribution in [0.15, 0.2) is 83.8 Å². The van der Waals surface area contributed by atoms with E-state index in [0.717, 1.165) is 15.4 Å². The fraction of sp³-hybridized carbons (Fsp3) is 0.240. The largest absolute Gasteiger partial charge is 0.497 e. The number of hydrogen-bond donors (Lipinski definition) is 1. The molecule has 7 nitrogen and oxygen atoms in total. The molecule has 0 unspecified atom stereocenters. The first-order chi connectivity index (χ1) is 15.8. The molecule has 0 aromatic heterocycles. The third-order valence-electron chi connectivity index (χ3n) is 5.19. The smallest absolute Gasteiger partial charge is 0.247 e. The predicted molar refractivity (Wildman–Crippen MR) is 127 cm³/mol. The van der Waals surface area contributed by atoms with Gasteiger partial charge in [0.1, 0.15) is 16.4 Å². The monoisotopic (exact) mass is 468 g/mol. The number of carbonyl (C=O) groups is 1. The number of amides is 1. The normalized spacial score (nSPS) is 12.2. The van der Waals surface area contributed by atoms with Crippen molar-refractivity contribution >= 4 is 15.9 Å². The van der Waals surface area contributed by atoms with Crippen molar-refractivity contribution in [3.05, 3.63) is 90.0 Å². The van der Waals surface area contributed by atoms with Crippen LogP contribution < -0.4 is 14.8 Å². The molecular weight excluding hydrogens is 440 g/mol. The van der Waals surface area contributed by atoms with Crippen molar-refractivity contribution in [3.63, 3.8) is 0 Å². The molecule has 3 rings (SSSR count). The first-order valence-corrected chi connectivity index (χ1v) is 11.9. The van der Waals surface area contributed by atoms with Crippen molar-refractivity contribution < 1.29 is 22.7 Å². The summed E-state index contributed by atoms with van der Waals surface area (Å²) in [5.41, 5.74) is 1.68. The molecule has 3 aromatic carbocycles. The molecule has 0 aliphatic heterocycles. The Balaban J connectivity index is 1.92. The lowest BCUT2D eigenvalue weighted by atomic mass is 10.1. The zero-order valence-corrected chi connectivity index (χ0v) is 19.7. The fourth-order valence-electron chi connectivity index (χ4n) is 3.41. The Kier molecular flexibility index (Phi) is 8.08. The Labute approximate surface area is 195 Å². The summed E-state index contributed by atoms with van der Waals surface area (Å²) >= 11 is 0. The highest BCUT2D eigenvalue weighted by molar-refractivity contribution is 7.89. The van der Waals surface area contributed by atoms with E-state index < -0.39 is 15.9 Å². The van der Waals surface area contributed by atoms with E-state index in [1.807, 2.05) is 67.6 Å². The van der Waals surface area contributed by atoms with E-state index in [0.29, 0.717) is 5.75 Å². The summed E-state index contributed by atoms with van der Waals surface area (Å²) < 4.78 is 39.0. The minimum atomic E-state index is -4.10. The second kappa shape index (κ2) is 11.0. The maximum absolute atomic E-state index is 13.7. The molecule has 0 bridgehead atoms. The van der Waals surface area contributed by atoms with E-state index in [-0.39, 0.29) is 29.8 Å². The third kappa shape index (κ3) is 6.12. The molecule has 0 fully saturated rings. The molecule has 0 aliphatic carbocycles. The highest BCUT2D eigenvalue weighted by Crippen LogP contribution is 2.31. The molecule has 1 amide bonds. The van der Waals surface area contributed by atoms with Gasteiger partial charge in [0.25, 0.3) is 0 Å². The summed E-state index contributed by atoms with van der Waals surface area (Å²) in [5.74, 6) is 0.135. The van der Waals surface area contributed by atoms with Gasteiger partial charge in [-0.3, -0.25) is 4.79 Å². The van der Waals surface area contributed by atoms with Crippen LogP contribution >= 0.6 is 0 Å². The topological polar surface area (TPSA) is 84.9 Å². The van der Waals surface area contributed by atoms with Crippen LogP contribution in [0.3, 0.4) is 0 Å². The van der Waals surface area contributed by atoms with Crippen molar-refractivity contribution in [1.29, 1.82) is 0 Å². The van der Waals surface area contributed by atoms with Gasteiger partial charge in [-0.2, -0.15) is 4.31 Å². The van der Waals surface area contributed by atoms with Gasteiger partial charge in [-0.1, -0.05) is 60.7 Å². The molecule has 0 radical (unpaired) electrons. The molecular formula is C25H28N2O5S. The van der Waals surface area contributed by atoms with Gasteiger partial charge < -0.3 is 14.8 Å². The lowest BCUT2D eigenvalue weighted by Crippen LogP contribution is -2.41. The zero-order valence-electron chi connectivity index (χ0n) is 18.9. The van der Waals surface area contributed by atoms with Crippen LogP contribution in [0.1, 0.15) is 24.1 Å². The molecule has 0 saturated carbocycles. The molecule has 1 N–H and O–H groups in total. The van der Waals surface area contributed by atoms with Gasteiger partial charge in [0.15, 0.2) is 0 Å². The quantitative estimate of drug-likeness (QED) is 0.490. The SMILES string of the molecule is COc1ccc(OC)c(S(=O)(=O)N(CC(=O)N[C@@H](C)c2ccccc2)Cc2ccccc2)c1. The molecule has 3 aromatic rings. The van der Waals surface area contributed by atoms with Crippen LogP contribution in [0.2, 0.25) is 0 Å². The summed E-state index contributed by atoms with van der Waals surface area (Å²) in [7, 11) is -1.25. The number of sulfonamides is 1. The van der Waals surface area contributed by atoms with Crippen LogP contribution in [0, 0.1) is 0 Å². The second-order valence-electron chi connectivity index (χ2n) is 7.48. The molecule has 0 spiro atoms. The Morgan fingerprint density at radius 3 is 2.18 bits per heavy atom. The highest BCUT2D eigenvalue weighted by Gasteiger charge is 2.30. The van der Waals surface area contributed by atoms with E-state index in [1.54, 1.807) is 6.07 Å². The van der Waals surface area contributed by atoms with Crippen LogP contribution in [0.5, 0.6) is 11.5 Å². The summed E-state index contributed by atoms with van der Waals surface area (Å²) in [4.78, 5) is 12.8. The molecule has 0 heterocycles.